The summed E-state index contributed by atoms with van der Waals surface area (Å²) in [6.45, 7) is 1.77. The van der Waals surface area contributed by atoms with E-state index in [-0.39, 0.29) is 11.7 Å². The fourth-order valence-corrected chi connectivity index (χ4v) is 3.07. The zero-order valence-corrected chi connectivity index (χ0v) is 14.3. The molecule has 0 aliphatic heterocycles. The van der Waals surface area contributed by atoms with Gasteiger partial charge in [0.2, 0.25) is 0 Å². The highest BCUT2D eigenvalue weighted by molar-refractivity contribution is 6.31. The van der Waals surface area contributed by atoms with Crippen molar-refractivity contribution in [3.05, 3.63) is 57.5 Å². The van der Waals surface area contributed by atoms with Gasteiger partial charge in [0, 0.05) is 28.1 Å². The number of nitrogens with two attached hydrogens (primary N) is 1. The van der Waals surface area contributed by atoms with Gasteiger partial charge in [0.05, 0.1) is 5.71 Å². The SMILES string of the molecule is Cc1c(C(=O)NN)oc2c1/C(=N/NC(=O)c1cccc(Cl)c1)CCC2. The van der Waals surface area contributed by atoms with E-state index in [1.54, 1.807) is 31.2 Å². The molecule has 0 unspecified atom stereocenters. The molecule has 0 fully saturated rings. The second kappa shape index (κ2) is 7.08. The lowest BCUT2D eigenvalue weighted by Crippen LogP contribution is -2.30. The minimum absolute atomic E-state index is 0.170. The number of hydrogen-bond acceptors (Lipinski definition) is 5. The van der Waals surface area contributed by atoms with Gasteiger partial charge in [0.1, 0.15) is 5.76 Å². The number of nitrogen functional groups attached to an aromatic ring is 1. The van der Waals surface area contributed by atoms with E-state index >= 15 is 0 Å². The van der Waals surface area contributed by atoms with Crippen molar-refractivity contribution in [3.63, 3.8) is 0 Å². The number of fused-ring (bicyclic) bond motifs is 1. The van der Waals surface area contributed by atoms with Crippen LogP contribution in [0.2, 0.25) is 5.02 Å². The number of hydrogen-bond donors (Lipinski definition) is 3. The number of benzene rings is 1. The monoisotopic (exact) mass is 360 g/mol. The van der Waals surface area contributed by atoms with E-state index in [0.29, 0.717) is 40.5 Å². The smallest absolute Gasteiger partial charge is 0.301 e. The summed E-state index contributed by atoms with van der Waals surface area (Å²) >= 11 is 5.90. The molecule has 25 heavy (non-hydrogen) atoms. The van der Waals surface area contributed by atoms with Gasteiger partial charge in [-0.3, -0.25) is 15.0 Å². The Bertz CT molecular complexity index is 873. The van der Waals surface area contributed by atoms with Crippen LogP contribution in [0.15, 0.2) is 33.8 Å². The number of nitrogens with zero attached hydrogens (tertiary/aromatic N) is 1. The zero-order valence-electron chi connectivity index (χ0n) is 13.6. The van der Waals surface area contributed by atoms with Crippen molar-refractivity contribution in [3.8, 4) is 0 Å². The molecule has 0 bridgehead atoms. The molecular weight excluding hydrogens is 344 g/mol. The van der Waals surface area contributed by atoms with Gasteiger partial charge in [-0.25, -0.2) is 11.3 Å². The number of amides is 2. The van der Waals surface area contributed by atoms with E-state index in [4.69, 9.17) is 21.9 Å². The number of rotatable bonds is 3. The molecule has 1 aliphatic carbocycles. The van der Waals surface area contributed by atoms with Crippen LogP contribution in [-0.4, -0.2) is 17.5 Å². The molecule has 0 atom stereocenters. The van der Waals surface area contributed by atoms with E-state index in [1.807, 2.05) is 0 Å². The average molecular weight is 361 g/mol. The second-order valence-electron chi connectivity index (χ2n) is 5.69. The third-order valence-corrected chi connectivity index (χ3v) is 4.28. The predicted molar refractivity (Wildman–Crippen MR) is 93.5 cm³/mol. The first-order valence-electron chi connectivity index (χ1n) is 7.77. The molecule has 1 heterocycles. The number of aryl methyl sites for hydroxylation is 1. The minimum atomic E-state index is -0.491. The third-order valence-electron chi connectivity index (χ3n) is 4.04. The van der Waals surface area contributed by atoms with Crippen molar-refractivity contribution in [1.82, 2.24) is 10.9 Å². The number of furan rings is 1. The minimum Gasteiger partial charge on any atom is -0.455 e. The molecule has 1 aromatic heterocycles. The zero-order chi connectivity index (χ0) is 18.0. The van der Waals surface area contributed by atoms with Gasteiger partial charge < -0.3 is 4.42 Å². The number of hydrazone groups is 1. The molecule has 0 saturated carbocycles. The van der Waals surface area contributed by atoms with E-state index in [0.717, 1.165) is 12.0 Å². The second-order valence-corrected chi connectivity index (χ2v) is 6.13. The highest BCUT2D eigenvalue weighted by Crippen LogP contribution is 2.29. The molecule has 2 aromatic rings. The summed E-state index contributed by atoms with van der Waals surface area (Å²) in [6, 6.07) is 6.61. The first-order chi connectivity index (χ1) is 12.0. The molecule has 2 amide bonds. The van der Waals surface area contributed by atoms with Crippen LogP contribution in [0.25, 0.3) is 0 Å². The Balaban J connectivity index is 1.87. The summed E-state index contributed by atoms with van der Waals surface area (Å²) in [5.74, 6) is 5.18. The predicted octanol–water partition coefficient (Wildman–Crippen LogP) is 2.32. The van der Waals surface area contributed by atoms with Crippen molar-refractivity contribution in [2.24, 2.45) is 10.9 Å². The highest BCUT2D eigenvalue weighted by Gasteiger charge is 2.27. The molecule has 0 radical (unpaired) electrons. The third kappa shape index (κ3) is 3.42. The Morgan fingerprint density at radius 1 is 1.28 bits per heavy atom. The summed E-state index contributed by atoms with van der Waals surface area (Å²) < 4.78 is 5.62. The summed E-state index contributed by atoms with van der Waals surface area (Å²) in [5, 5.41) is 4.72. The number of hydrazine groups is 1. The van der Waals surface area contributed by atoms with Gasteiger partial charge in [-0.2, -0.15) is 5.10 Å². The molecule has 0 spiro atoms. The summed E-state index contributed by atoms with van der Waals surface area (Å²) in [6.07, 6.45) is 2.19. The Morgan fingerprint density at radius 2 is 2.08 bits per heavy atom. The van der Waals surface area contributed by atoms with Gasteiger partial charge in [-0.15, -0.1) is 0 Å². The average Bonchev–Trinajstić information content (AvgIpc) is 2.96. The van der Waals surface area contributed by atoms with E-state index in [2.05, 4.69) is 16.0 Å². The van der Waals surface area contributed by atoms with Crippen molar-refractivity contribution < 1.29 is 14.0 Å². The molecule has 3 rings (SSSR count). The highest BCUT2D eigenvalue weighted by atomic mass is 35.5. The van der Waals surface area contributed by atoms with Crippen molar-refractivity contribution >= 4 is 29.1 Å². The first kappa shape index (κ1) is 17.2. The standard InChI is InChI=1S/C17H17ClN4O3/c1-9-14-12(6-3-7-13(14)25-15(9)17(24)20-19)21-22-16(23)10-4-2-5-11(18)8-10/h2,4-5,8H,3,6-7,19H2,1H3,(H,20,24)(H,22,23)/b21-12+. The van der Waals surface area contributed by atoms with E-state index in [1.165, 1.54) is 0 Å². The fraction of sp³-hybridized carbons (Fsp3) is 0.235. The molecule has 1 aliphatic rings. The normalized spacial score (nSPS) is 14.9. The van der Waals surface area contributed by atoms with Crippen LogP contribution in [0.1, 0.15) is 50.6 Å². The topological polar surface area (TPSA) is 110 Å². The van der Waals surface area contributed by atoms with Crippen LogP contribution in [0, 0.1) is 6.92 Å². The van der Waals surface area contributed by atoms with Crippen molar-refractivity contribution in [2.45, 2.75) is 26.2 Å². The van der Waals surface area contributed by atoms with Gasteiger partial charge in [-0.1, -0.05) is 17.7 Å². The molecule has 8 heteroatoms. The van der Waals surface area contributed by atoms with Gasteiger partial charge in [0.15, 0.2) is 5.76 Å². The van der Waals surface area contributed by atoms with E-state index in [9.17, 15) is 9.59 Å². The molecule has 130 valence electrons. The molecule has 0 saturated heterocycles. The van der Waals surface area contributed by atoms with Crippen molar-refractivity contribution in [1.29, 1.82) is 0 Å². The molecule has 1 aromatic carbocycles. The summed E-state index contributed by atoms with van der Waals surface area (Å²) in [5.41, 5.74) is 7.12. The number of carbonyl (C=O) groups excluding carboxylic acids is 2. The van der Waals surface area contributed by atoms with Crippen LogP contribution >= 0.6 is 11.6 Å². The Morgan fingerprint density at radius 3 is 2.80 bits per heavy atom. The maximum Gasteiger partial charge on any atom is 0.301 e. The van der Waals surface area contributed by atoms with Crippen LogP contribution in [0.3, 0.4) is 0 Å². The van der Waals surface area contributed by atoms with Gasteiger partial charge in [-0.05, 0) is 38.0 Å². The fourth-order valence-electron chi connectivity index (χ4n) is 2.87. The quantitative estimate of drug-likeness (QED) is 0.443. The Kier molecular flexibility index (Phi) is 4.87. The first-order valence-corrected chi connectivity index (χ1v) is 8.15. The largest absolute Gasteiger partial charge is 0.455 e. The van der Waals surface area contributed by atoms with Crippen LogP contribution in [-0.2, 0) is 6.42 Å². The van der Waals surface area contributed by atoms with Gasteiger partial charge in [0.25, 0.3) is 5.91 Å². The molecule has 7 nitrogen and oxygen atoms in total. The summed E-state index contributed by atoms with van der Waals surface area (Å²) in [4.78, 5) is 24.0. The van der Waals surface area contributed by atoms with Crippen LogP contribution in [0.4, 0.5) is 0 Å². The van der Waals surface area contributed by atoms with Gasteiger partial charge >= 0.3 is 5.91 Å². The Labute approximate surface area is 149 Å². The maximum absolute atomic E-state index is 12.2. The molecule has 4 N–H and O–H groups in total. The lowest BCUT2D eigenvalue weighted by Gasteiger charge is -2.13. The lowest BCUT2D eigenvalue weighted by molar-refractivity contribution is 0.0921. The number of carbonyl (C=O) groups is 2. The van der Waals surface area contributed by atoms with E-state index < -0.39 is 5.91 Å². The maximum atomic E-state index is 12.2. The number of nitrogens with one attached hydrogen (secondary N) is 2. The lowest BCUT2D eigenvalue weighted by atomic mass is 9.93. The van der Waals surface area contributed by atoms with Crippen molar-refractivity contribution in [2.75, 3.05) is 0 Å². The number of halogens is 1. The molecular formula is C17H17ClN4O3. The summed E-state index contributed by atoms with van der Waals surface area (Å²) in [7, 11) is 0. The Hall–Kier alpha value is -2.64. The van der Waals surface area contributed by atoms with Crippen LogP contribution < -0.4 is 16.7 Å². The van der Waals surface area contributed by atoms with Crippen LogP contribution in [0.5, 0.6) is 0 Å².